The minimum atomic E-state index is 0. The van der Waals surface area contributed by atoms with E-state index in [4.69, 9.17) is 9.52 Å². The van der Waals surface area contributed by atoms with E-state index >= 15 is 0 Å². The molecule has 7 heteroatoms. The normalized spacial score (nSPS) is 12.0. The van der Waals surface area contributed by atoms with E-state index in [2.05, 4.69) is 69.2 Å². The van der Waals surface area contributed by atoms with Gasteiger partial charge in [0.1, 0.15) is 5.76 Å². The van der Waals surface area contributed by atoms with Crippen LogP contribution >= 0.6 is 24.0 Å². The van der Waals surface area contributed by atoms with Crippen molar-refractivity contribution < 1.29 is 4.52 Å². The van der Waals surface area contributed by atoms with Crippen LogP contribution in [-0.2, 0) is 19.4 Å². The molecule has 0 spiro atoms. The number of aliphatic imine (C=N–C) groups is 1. The third-order valence-corrected chi connectivity index (χ3v) is 4.56. The van der Waals surface area contributed by atoms with Gasteiger partial charge in [0.2, 0.25) is 0 Å². The number of halogens is 1. The molecule has 0 aliphatic carbocycles. The summed E-state index contributed by atoms with van der Waals surface area (Å²) in [7, 11) is 0. The molecule has 0 saturated carbocycles. The van der Waals surface area contributed by atoms with Gasteiger partial charge in [-0.3, -0.25) is 4.90 Å². The average molecular weight is 493 g/mol. The monoisotopic (exact) mass is 493 g/mol. The first-order valence-corrected chi connectivity index (χ1v) is 10.2. The zero-order chi connectivity index (χ0) is 19.5. The van der Waals surface area contributed by atoms with Gasteiger partial charge >= 0.3 is 0 Å². The van der Waals surface area contributed by atoms with Gasteiger partial charge in [-0.25, -0.2) is 4.99 Å². The Morgan fingerprint density at radius 1 is 1.07 bits per heavy atom. The van der Waals surface area contributed by atoms with Crippen LogP contribution in [0.15, 0.2) is 9.52 Å². The number of nitrogens with zero attached hydrogens (tertiary/aromatic N) is 3. The van der Waals surface area contributed by atoms with Gasteiger partial charge in [-0.15, -0.1) is 24.0 Å². The second-order valence-corrected chi connectivity index (χ2v) is 7.14. The minimum Gasteiger partial charge on any atom is -0.361 e. The van der Waals surface area contributed by atoms with E-state index in [1.165, 1.54) is 0 Å². The van der Waals surface area contributed by atoms with Gasteiger partial charge in [-0.1, -0.05) is 19.0 Å². The topological polar surface area (TPSA) is 65.7 Å². The van der Waals surface area contributed by atoms with Crippen LogP contribution in [0.25, 0.3) is 0 Å². The number of aryl methyl sites for hydroxylation is 2. The van der Waals surface area contributed by atoms with E-state index in [-0.39, 0.29) is 24.0 Å². The van der Waals surface area contributed by atoms with Crippen LogP contribution in [0.5, 0.6) is 0 Å². The Bertz CT molecular complexity index is 513. The maximum atomic E-state index is 5.43. The van der Waals surface area contributed by atoms with E-state index in [0.717, 1.165) is 61.9 Å². The van der Waals surface area contributed by atoms with Crippen molar-refractivity contribution in [2.75, 3.05) is 19.6 Å². The largest absolute Gasteiger partial charge is 0.361 e. The van der Waals surface area contributed by atoms with Crippen LogP contribution in [0.1, 0.15) is 71.9 Å². The molecular weight excluding hydrogens is 453 g/mol. The summed E-state index contributed by atoms with van der Waals surface area (Å²) < 4.78 is 5.43. The molecule has 0 atom stereocenters. The molecule has 0 fully saturated rings. The molecule has 0 saturated heterocycles. The van der Waals surface area contributed by atoms with Gasteiger partial charge in [0.05, 0.1) is 12.2 Å². The van der Waals surface area contributed by atoms with E-state index in [9.17, 15) is 0 Å². The third kappa shape index (κ3) is 8.81. The standard InChI is InChI=1S/C20H39N5O.HI/c1-8-18-17(19(9-2)26-24-18)14-23-20(21-10-3)22-12-11-13-25(15(4)5)16(6)7;/h15-16H,8-14H2,1-7H3,(H2,21,22,23);1H. The average Bonchev–Trinajstić information content (AvgIpc) is 3.00. The maximum absolute atomic E-state index is 5.43. The number of nitrogens with one attached hydrogen (secondary N) is 2. The first kappa shape index (κ1) is 26.2. The molecule has 1 rings (SSSR count). The molecule has 2 N–H and O–H groups in total. The quantitative estimate of drug-likeness (QED) is 0.211. The highest BCUT2D eigenvalue weighted by Crippen LogP contribution is 2.16. The van der Waals surface area contributed by atoms with Crippen molar-refractivity contribution in [1.82, 2.24) is 20.7 Å². The Hall–Kier alpha value is -0.830. The fraction of sp³-hybridized carbons (Fsp3) is 0.800. The predicted molar refractivity (Wildman–Crippen MR) is 125 cm³/mol. The van der Waals surface area contributed by atoms with Crippen LogP contribution in [0.4, 0.5) is 0 Å². The van der Waals surface area contributed by atoms with E-state index in [0.29, 0.717) is 18.6 Å². The van der Waals surface area contributed by atoms with Gasteiger partial charge in [0.25, 0.3) is 0 Å². The van der Waals surface area contributed by atoms with Crippen molar-refractivity contribution in [2.45, 2.75) is 86.4 Å². The molecule has 1 aromatic rings. The minimum absolute atomic E-state index is 0. The summed E-state index contributed by atoms with van der Waals surface area (Å²) in [6.45, 7) is 18.8. The maximum Gasteiger partial charge on any atom is 0.191 e. The lowest BCUT2D eigenvalue weighted by molar-refractivity contribution is 0.173. The molecule has 0 radical (unpaired) electrons. The van der Waals surface area contributed by atoms with Crippen molar-refractivity contribution in [2.24, 2.45) is 4.99 Å². The highest BCUT2D eigenvalue weighted by atomic mass is 127. The summed E-state index contributed by atoms with van der Waals surface area (Å²) >= 11 is 0. The van der Waals surface area contributed by atoms with Crippen LogP contribution in [0, 0.1) is 0 Å². The molecule has 0 aromatic carbocycles. The van der Waals surface area contributed by atoms with Crippen LogP contribution in [0.2, 0.25) is 0 Å². The van der Waals surface area contributed by atoms with Crippen molar-refractivity contribution in [3.63, 3.8) is 0 Å². The Morgan fingerprint density at radius 2 is 1.74 bits per heavy atom. The van der Waals surface area contributed by atoms with Crippen molar-refractivity contribution in [3.05, 3.63) is 17.0 Å². The highest BCUT2D eigenvalue weighted by molar-refractivity contribution is 14.0. The van der Waals surface area contributed by atoms with E-state index in [1.807, 2.05) is 0 Å². The molecule has 0 unspecified atom stereocenters. The van der Waals surface area contributed by atoms with E-state index in [1.54, 1.807) is 0 Å². The second kappa shape index (κ2) is 14.2. The first-order chi connectivity index (χ1) is 12.4. The summed E-state index contributed by atoms with van der Waals surface area (Å²) in [5.74, 6) is 1.81. The summed E-state index contributed by atoms with van der Waals surface area (Å²) in [5.41, 5.74) is 2.16. The molecule has 1 aromatic heterocycles. The van der Waals surface area contributed by atoms with Crippen LogP contribution in [0.3, 0.4) is 0 Å². The highest BCUT2D eigenvalue weighted by Gasteiger charge is 2.14. The van der Waals surface area contributed by atoms with Gasteiger partial charge in [0.15, 0.2) is 5.96 Å². The number of guanidine groups is 1. The lowest BCUT2D eigenvalue weighted by Crippen LogP contribution is -2.41. The first-order valence-electron chi connectivity index (χ1n) is 10.2. The Morgan fingerprint density at radius 3 is 2.26 bits per heavy atom. The lowest BCUT2D eigenvalue weighted by Gasteiger charge is -2.30. The van der Waals surface area contributed by atoms with Crippen molar-refractivity contribution >= 4 is 29.9 Å². The van der Waals surface area contributed by atoms with Gasteiger partial charge < -0.3 is 15.2 Å². The summed E-state index contributed by atoms with van der Waals surface area (Å²) in [6.07, 6.45) is 2.81. The fourth-order valence-electron chi connectivity index (χ4n) is 3.20. The lowest BCUT2D eigenvalue weighted by atomic mass is 10.1. The zero-order valence-electron chi connectivity index (χ0n) is 18.3. The molecule has 1 heterocycles. The Labute approximate surface area is 182 Å². The van der Waals surface area contributed by atoms with Gasteiger partial charge in [0, 0.05) is 43.7 Å². The summed E-state index contributed by atoms with van der Waals surface area (Å²) in [4.78, 5) is 7.26. The fourth-order valence-corrected chi connectivity index (χ4v) is 3.20. The van der Waals surface area contributed by atoms with Crippen LogP contribution in [-0.4, -0.2) is 47.7 Å². The summed E-state index contributed by atoms with van der Waals surface area (Å²) in [5, 5.41) is 10.9. The molecule has 158 valence electrons. The van der Waals surface area contributed by atoms with Crippen molar-refractivity contribution in [3.8, 4) is 0 Å². The molecule has 0 bridgehead atoms. The molecule has 0 aliphatic rings. The summed E-state index contributed by atoms with van der Waals surface area (Å²) in [6, 6.07) is 1.15. The number of hydrogen-bond acceptors (Lipinski definition) is 4. The number of rotatable bonds is 11. The Balaban J connectivity index is 0.00000676. The Kier molecular flexibility index (Phi) is 13.8. The molecular formula is C20H40IN5O. The molecule has 6 nitrogen and oxygen atoms in total. The van der Waals surface area contributed by atoms with Gasteiger partial charge in [-0.05, 0) is 47.5 Å². The number of aromatic nitrogens is 1. The zero-order valence-corrected chi connectivity index (χ0v) is 20.6. The molecule has 0 amide bonds. The molecule has 27 heavy (non-hydrogen) atoms. The van der Waals surface area contributed by atoms with Gasteiger partial charge in [-0.2, -0.15) is 0 Å². The number of hydrogen-bond donors (Lipinski definition) is 2. The predicted octanol–water partition coefficient (Wildman–Crippen LogP) is 3.98. The second-order valence-electron chi connectivity index (χ2n) is 7.14. The van der Waals surface area contributed by atoms with Crippen LogP contribution < -0.4 is 10.6 Å². The van der Waals surface area contributed by atoms with Crippen molar-refractivity contribution in [1.29, 1.82) is 0 Å². The van der Waals surface area contributed by atoms with E-state index < -0.39 is 0 Å². The SMILES string of the molecule is CCNC(=NCc1c(CC)noc1CC)NCCCN(C(C)C)C(C)C.I. The molecule has 0 aliphatic heterocycles. The third-order valence-electron chi connectivity index (χ3n) is 4.56. The smallest absolute Gasteiger partial charge is 0.191 e.